The summed E-state index contributed by atoms with van der Waals surface area (Å²) in [5, 5.41) is 0.609. The number of fused-ring (bicyclic) bond motifs is 1. The number of halogens is 5. The minimum atomic E-state index is -4.51. The topological polar surface area (TPSA) is 41.8 Å². The van der Waals surface area contributed by atoms with E-state index in [-0.39, 0.29) is 10.5 Å². The number of nitrogens with one attached hydrogen (secondary N) is 1. The number of benzene rings is 2. The number of aromatic amines is 1. The van der Waals surface area contributed by atoms with Gasteiger partial charge in [-0.25, -0.2) is 4.39 Å². The molecule has 0 fully saturated rings. The van der Waals surface area contributed by atoms with Crippen molar-refractivity contribution in [1.82, 2.24) is 4.98 Å². The normalized spacial score (nSPS) is 12.1. The molecular formula is C19H17ClF4N2. The Morgan fingerprint density at radius 1 is 1.00 bits per heavy atom. The molecule has 138 valence electrons. The van der Waals surface area contributed by atoms with Gasteiger partial charge in [0.05, 0.1) is 16.1 Å². The first-order valence-electron chi connectivity index (χ1n) is 8.19. The van der Waals surface area contributed by atoms with Gasteiger partial charge < -0.3 is 10.7 Å². The highest BCUT2D eigenvalue weighted by atomic mass is 35.5. The molecule has 0 radical (unpaired) electrons. The van der Waals surface area contributed by atoms with Crippen LogP contribution in [0.15, 0.2) is 36.4 Å². The molecule has 2 aromatic carbocycles. The number of H-pyrrole nitrogens is 1. The Kier molecular flexibility index (Phi) is 5.25. The molecule has 0 spiro atoms. The highest BCUT2D eigenvalue weighted by Gasteiger charge is 2.34. The summed E-state index contributed by atoms with van der Waals surface area (Å²) in [4.78, 5) is 2.88. The number of nitrogens with two attached hydrogens (primary N) is 1. The van der Waals surface area contributed by atoms with Crippen molar-refractivity contribution in [1.29, 1.82) is 0 Å². The van der Waals surface area contributed by atoms with E-state index in [1.54, 1.807) is 0 Å². The standard InChI is InChI=1S/C19H17ClF4N2/c20-15-9-8-14(19(22,23)24)18-16(15)13(3-1-2-10-25)17(26-18)11-4-6-12(21)7-5-11/h4-9,26H,1-3,10,25H2. The van der Waals surface area contributed by atoms with Gasteiger partial charge in [-0.3, -0.25) is 0 Å². The summed E-state index contributed by atoms with van der Waals surface area (Å²) < 4.78 is 53.5. The molecule has 0 atom stereocenters. The van der Waals surface area contributed by atoms with E-state index in [9.17, 15) is 17.6 Å². The maximum atomic E-state index is 13.4. The lowest BCUT2D eigenvalue weighted by Gasteiger charge is -2.09. The van der Waals surface area contributed by atoms with Crippen LogP contribution in [0.4, 0.5) is 17.6 Å². The molecule has 0 saturated heterocycles. The quantitative estimate of drug-likeness (QED) is 0.415. The maximum Gasteiger partial charge on any atom is 0.418 e. The lowest BCUT2D eigenvalue weighted by Crippen LogP contribution is -2.05. The number of unbranched alkanes of at least 4 members (excludes halogenated alkanes) is 1. The van der Waals surface area contributed by atoms with Crippen LogP contribution in [0.5, 0.6) is 0 Å². The highest BCUT2D eigenvalue weighted by molar-refractivity contribution is 6.36. The second kappa shape index (κ2) is 7.29. The van der Waals surface area contributed by atoms with Gasteiger partial charge in [-0.05, 0) is 73.3 Å². The van der Waals surface area contributed by atoms with Gasteiger partial charge in [0.15, 0.2) is 0 Å². The molecule has 3 aromatic rings. The van der Waals surface area contributed by atoms with Gasteiger partial charge in [0, 0.05) is 11.1 Å². The van der Waals surface area contributed by atoms with Gasteiger partial charge >= 0.3 is 6.18 Å². The first-order chi connectivity index (χ1) is 12.3. The monoisotopic (exact) mass is 384 g/mol. The van der Waals surface area contributed by atoms with Crippen LogP contribution >= 0.6 is 11.6 Å². The number of hydrogen-bond donors (Lipinski definition) is 2. The molecule has 26 heavy (non-hydrogen) atoms. The molecule has 3 rings (SSSR count). The fraction of sp³-hybridized carbons (Fsp3) is 0.263. The molecule has 0 saturated carbocycles. The van der Waals surface area contributed by atoms with Crippen LogP contribution in [0.25, 0.3) is 22.2 Å². The number of aromatic nitrogens is 1. The number of rotatable bonds is 5. The van der Waals surface area contributed by atoms with Crippen molar-refractivity contribution >= 4 is 22.5 Å². The smallest absolute Gasteiger partial charge is 0.354 e. The lowest BCUT2D eigenvalue weighted by molar-refractivity contribution is -0.136. The molecule has 2 nitrogen and oxygen atoms in total. The van der Waals surface area contributed by atoms with Crippen molar-refractivity contribution < 1.29 is 17.6 Å². The molecule has 0 aliphatic heterocycles. The zero-order valence-electron chi connectivity index (χ0n) is 13.8. The Hall–Kier alpha value is -2.05. The second-order valence-corrected chi connectivity index (χ2v) is 6.48. The van der Waals surface area contributed by atoms with Crippen LogP contribution in [0.1, 0.15) is 24.0 Å². The maximum absolute atomic E-state index is 13.4. The minimum absolute atomic E-state index is 0.0490. The zero-order chi connectivity index (χ0) is 18.9. The Morgan fingerprint density at radius 3 is 2.31 bits per heavy atom. The third-order valence-electron chi connectivity index (χ3n) is 4.33. The first kappa shape index (κ1) is 18.7. The van der Waals surface area contributed by atoms with Crippen molar-refractivity contribution in [2.75, 3.05) is 6.54 Å². The van der Waals surface area contributed by atoms with E-state index < -0.39 is 17.6 Å². The predicted octanol–water partition coefficient (Wildman–Crippen LogP) is 5.93. The van der Waals surface area contributed by atoms with E-state index in [4.69, 9.17) is 17.3 Å². The Balaban J connectivity index is 2.26. The van der Waals surface area contributed by atoms with Crippen LogP contribution in [0, 0.1) is 5.82 Å². The molecule has 7 heteroatoms. The molecule has 0 bridgehead atoms. The Bertz CT molecular complexity index is 914. The molecule has 3 N–H and O–H groups in total. The second-order valence-electron chi connectivity index (χ2n) is 6.07. The molecule has 1 heterocycles. The summed E-state index contributed by atoms with van der Waals surface area (Å²) in [6.07, 6.45) is -2.54. The van der Waals surface area contributed by atoms with Crippen molar-refractivity contribution in [3.05, 3.63) is 58.4 Å². The van der Waals surface area contributed by atoms with Gasteiger partial charge in [0.25, 0.3) is 0 Å². The summed E-state index contributed by atoms with van der Waals surface area (Å²) >= 11 is 6.25. The molecule has 0 unspecified atom stereocenters. The first-order valence-corrected chi connectivity index (χ1v) is 8.57. The average molecular weight is 385 g/mol. The van der Waals surface area contributed by atoms with Crippen molar-refractivity contribution in [3.8, 4) is 11.3 Å². The predicted molar refractivity (Wildman–Crippen MR) is 95.7 cm³/mol. The third kappa shape index (κ3) is 3.57. The van der Waals surface area contributed by atoms with Crippen molar-refractivity contribution in [2.24, 2.45) is 5.73 Å². The largest absolute Gasteiger partial charge is 0.418 e. The molecular weight excluding hydrogens is 368 g/mol. The van der Waals surface area contributed by atoms with E-state index in [1.165, 1.54) is 30.3 Å². The van der Waals surface area contributed by atoms with E-state index in [1.807, 2.05) is 0 Å². The molecule has 1 aromatic heterocycles. The van der Waals surface area contributed by atoms with Crippen LogP contribution in [-0.2, 0) is 12.6 Å². The van der Waals surface area contributed by atoms with Gasteiger partial charge in [-0.15, -0.1) is 0 Å². The molecule has 0 aliphatic carbocycles. The summed E-state index contributed by atoms with van der Waals surface area (Å²) in [6.45, 7) is 0.496. The lowest BCUT2D eigenvalue weighted by atomic mass is 9.99. The minimum Gasteiger partial charge on any atom is -0.354 e. The average Bonchev–Trinajstić information content (AvgIpc) is 2.95. The van der Waals surface area contributed by atoms with Crippen LogP contribution < -0.4 is 5.73 Å². The number of aryl methyl sites for hydroxylation is 1. The van der Waals surface area contributed by atoms with Crippen molar-refractivity contribution in [2.45, 2.75) is 25.4 Å². The van der Waals surface area contributed by atoms with Crippen LogP contribution in [0.2, 0.25) is 5.02 Å². The van der Waals surface area contributed by atoms with Gasteiger partial charge in [0.2, 0.25) is 0 Å². The van der Waals surface area contributed by atoms with Gasteiger partial charge in [-0.2, -0.15) is 13.2 Å². The number of alkyl halides is 3. The Labute approximate surface area is 153 Å². The van der Waals surface area contributed by atoms with Crippen LogP contribution in [0.3, 0.4) is 0 Å². The fourth-order valence-electron chi connectivity index (χ4n) is 3.12. The third-order valence-corrected chi connectivity index (χ3v) is 4.64. The molecule has 0 amide bonds. The molecule has 0 aliphatic rings. The van der Waals surface area contributed by atoms with E-state index in [0.29, 0.717) is 41.6 Å². The summed E-state index contributed by atoms with van der Waals surface area (Å²) in [5.74, 6) is -0.413. The zero-order valence-corrected chi connectivity index (χ0v) is 14.5. The van der Waals surface area contributed by atoms with E-state index in [0.717, 1.165) is 12.5 Å². The highest BCUT2D eigenvalue weighted by Crippen LogP contribution is 2.42. The SMILES string of the molecule is NCCCCc1c(-c2ccc(F)cc2)[nH]c2c(C(F)(F)F)ccc(Cl)c12. The Morgan fingerprint density at radius 2 is 1.69 bits per heavy atom. The number of hydrogen-bond acceptors (Lipinski definition) is 1. The summed E-state index contributed by atoms with van der Waals surface area (Å²) in [5.41, 5.74) is 6.53. The fourth-order valence-corrected chi connectivity index (χ4v) is 3.39. The van der Waals surface area contributed by atoms with Crippen LogP contribution in [-0.4, -0.2) is 11.5 Å². The van der Waals surface area contributed by atoms with Gasteiger partial charge in [0.1, 0.15) is 5.82 Å². The van der Waals surface area contributed by atoms with Crippen molar-refractivity contribution in [3.63, 3.8) is 0 Å². The van der Waals surface area contributed by atoms with Gasteiger partial charge in [-0.1, -0.05) is 11.6 Å². The van der Waals surface area contributed by atoms with E-state index >= 15 is 0 Å². The van der Waals surface area contributed by atoms with E-state index in [2.05, 4.69) is 4.98 Å². The summed E-state index contributed by atoms with van der Waals surface area (Å²) in [6, 6.07) is 7.86. The summed E-state index contributed by atoms with van der Waals surface area (Å²) in [7, 11) is 0.